The van der Waals surface area contributed by atoms with Crippen LogP contribution < -0.4 is 0 Å². The van der Waals surface area contributed by atoms with Gasteiger partial charge in [0.15, 0.2) is 0 Å². The van der Waals surface area contributed by atoms with Crippen LogP contribution >= 0.6 is 15.9 Å². The van der Waals surface area contributed by atoms with Gasteiger partial charge in [-0.25, -0.2) is 0 Å². The first-order valence-corrected chi connectivity index (χ1v) is 6.93. The number of halogens is 1. The van der Waals surface area contributed by atoms with Crippen LogP contribution in [0.5, 0.6) is 0 Å². The third-order valence-electron chi connectivity index (χ3n) is 2.78. The van der Waals surface area contributed by atoms with E-state index in [1.807, 2.05) is 0 Å². The van der Waals surface area contributed by atoms with Crippen molar-refractivity contribution < 1.29 is 0 Å². The topological polar surface area (TPSA) is 17.8 Å². The minimum Gasteiger partial charge on any atom is -0.270 e. The highest BCUT2D eigenvalue weighted by atomic mass is 79.9. The predicted molar refractivity (Wildman–Crippen MR) is 73.1 cm³/mol. The number of rotatable bonds is 5. The molecule has 1 aromatic rings. The summed E-state index contributed by atoms with van der Waals surface area (Å²) in [4.78, 5) is 0.571. The first-order chi connectivity index (χ1) is 7.34. The molecule has 0 radical (unpaired) electrons. The molecule has 0 aliphatic carbocycles. The predicted octanol–water partition coefficient (Wildman–Crippen LogP) is 3.95. The van der Waals surface area contributed by atoms with E-state index in [2.05, 4.69) is 66.4 Å². The largest absolute Gasteiger partial charge is 0.270 e. The maximum Gasteiger partial charge on any atom is 0.0596 e. The lowest BCUT2D eigenvalue weighted by Crippen LogP contribution is -2.20. The van der Waals surface area contributed by atoms with Gasteiger partial charge in [-0.1, -0.05) is 36.7 Å². The van der Waals surface area contributed by atoms with Crippen LogP contribution in [-0.4, -0.2) is 14.6 Å². The molecule has 1 unspecified atom stereocenters. The maximum atomic E-state index is 4.50. The van der Waals surface area contributed by atoms with Crippen LogP contribution in [0, 0.1) is 12.3 Å². The molecule has 1 heterocycles. The molecule has 1 aromatic heterocycles. The molecule has 1 atom stereocenters. The van der Waals surface area contributed by atoms with Crippen molar-refractivity contribution in [2.75, 3.05) is 0 Å². The Morgan fingerprint density at radius 3 is 2.62 bits per heavy atom. The van der Waals surface area contributed by atoms with Crippen molar-refractivity contribution in [1.29, 1.82) is 0 Å². The minimum absolute atomic E-state index is 0.322. The average molecular weight is 287 g/mol. The monoisotopic (exact) mass is 286 g/mol. The number of alkyl halides is 1. The summed E-state index contributed by atoms with van der Waals surface area (Å²) >= 11 is 3.64. The summed E-state index contributed by atoms with van der Waals surface area (Å²) in [5, 5.41) is 4.50. The Morgan fingerprint density at radius 2 is 2.12 bits per heavy atom. The summed E-state index contributed by atoms with van der Waals surface area (Å²) in [6.45, 7) is 12.0. The molecule has 0 N–H and O–H groups in total. The second-order valence-corrected chi connectivity index (χ2v) is 6.98. The fourth-order valence-corrected chi connectivity index (χ4v) is 3.22. The molecule has 0 saturated heterocycles. The number of nitrogens with zero attached hydrogens (tertiary/aromatic N) is 2. The van der Waals surface area contributed by atoms with Gasteiger partial charge in [-0.15, -0.1) is 0 Å². The Hall–Kier alpha value is -0.310. The zero-order chi connectivity index (χ0) is 12.3. The van der Waals surface area contributed by atoms with Crippen molar-refractivity contribution in [3.05, 3.63) is 17.5 Å². The van der Waals surface area contributed by atoms with Crippen LogP contribution in [0.25, 0.3) is 0 Å². The fraction of sp³-hybridized carbons (Fsp3) is 0.769. The Morgan fingerprint density at radius 1 is 1.50 bits per heavy atom. The molecular weight excluding hydrogens is 264 g/mol. The molecule has 0 aliphatic rings. The van der Waals surface area contributed by atoms with Crippen LogP contribution in [0.15, 0.2) is 6.07 Å². The van der Waals surface area contributed by atoms with Crippen LogP contribution in [0.1, 0.15) is 45.5 Å². The first kappa shape index (κ1) is 13.8. The van der Waals surface area contributed by atoms with Gasteiger partial charge in [0.1, 0.15) is 0 Å². The Balaban J connectivity index is 2.78. The molecule has 0 aliphatic heterocycles. The van der Waals surface area contributed by atoms with E-state index in [9.17, 15) is 0 Å². The van der Waals surface area contributed by atoms with Gasteiger partial charge in [0.05, 0.1) is 5.69 Å². The van der Waals surface area contributed by atoms with E-state index in [0.717, 1.165) is 18.7 Å². The Kier molecular flexibility index (Phi) is 4.60. The van der Waals surface area contributed by atoms with Gasteiger partial charge in [-0.05, 0) is 38.2 Å². The normalized spacial score (nSPS) is 14.1. The third kappa shape index (κ3) is 3.93. The zero-order valence-electron chi connectivity index (χ0n) is 11.0. The highest BCUT2D eigenvalue weighted by Crippen LogP contribution is 2.30. The molecule has 0 amide bonds. The number of hydrogen-bond acceptors (Lipinski definition) is 1. The summed E-state index contributed by atoms with van der Waals surface area (Å²) in [5.41, 5.74) is 2.81. The lowest BCUT2D eigenvalue weighted by Gasteiger charge is -2.26. The summed E-state index contributed by atoms with van der Waals surface area (Å²) < 4.78 is 2.12. The van der Waals surface area contributed by atoms with Gasteiger partial charge in [-0.2, -0.15) is 5.10 Å². The summed E-state index contributed by atoms with van der Waals surface area (Å²) in [5.74, 6) is 0. The molecular formula is C13H23BrN2. The van der Waals surface area contributed by atoms with E-state index in [4.69, 9.17) is 0 Å². The molecule has 16 heavy (non-hydrogen) atoms. The van der Waals surface area contributed by atoms with E-state index in [1.165, 1.54) is 12.1 Å². The summed E-state index contributed by atoms with van der Waals surface area (Å²) in [7, 11) is 0. The molecule has 0 fully saturated rings. The smallest absolute Gasteiger partial charge is 0.0596 e. The second kappa shape index (κ2) is 5.35. The molecule has 92 valence electrons. The molecule has 0 bridgehead atoms. The standard InChI is InChI=1S/C13H23BrN2/c1-6-16-12(7-11(3)15-16)9-13(4,5)8-10(2)14/h7,10H,6,8-9H2,1-5H3. The van der Waals surface area contributed by atoms with Crippen molar-refractivity contribution in [3.63, 3.8) is 0 Å². The maximum absolute atomic E-state index is 4.50. The van der Waals surface area contributed by atoms with E-state index in [-0.39, 0.29) is 0 Å². The molecule has 3 heteroatoms. The Bertz CT molecular complexity index is 340. The lowest BCUT2D eigenvalue weighted by molar-refractivity contribution is 0.324. The van der Waals surface area contributed by atoms with E-state index in [0.29, 0.717) is 10.2 Å². The van der Waals surface area contributed by atoms with Gasteiger partial charge >= 0.3 is 0 Å². The zero-order valence-corrected chi connectivity index (χ0v) is 12.6. The van der Waals surface area contributed by atoms with Crippen LogP contribution in [0.3, 0.4) is 0 Å². The van der Waals surface area contributed by atoms with Gasteiger partial charge in [-0.3, -0.25) is 4.68 Å². The van der Waals surface area contributed by atoms with Crippen molar-refractivity contribution >= 4 is 15.9 Å². The molecule has 0 saturated carbocycles. The van der Waals surface area contributed by atoms with Crippen LogP contribution in [0.2, 0.25) is 0 Å². The van der Waals surface area contributed by atoms with Gasteiger partial charge in [0, 0.05) is 17.1 Å². The third-order valence-corrected chi connectivity index (χ3v) is 3.10. The molecule has 0 spiro atoms. The average Bonchev–Trinajstić information content (AvgIpc) is 2.42. The van der Waals surface area contributed by atoms with Gasteiger partial charge < -0.3 is 0 Å². The van der Waals surface area contributed by atoms with Gasteiger partial charge in [0.25, 0.3) is 0 Å². The van der Waals surface area contributed by atoms with E-state index < -0.39 is 0 Å². The highest BCUT2D eigenvalue weighted by Gasteiger charge is 2.22. The van der Waals surface area contributed by atoms with E-state index >= 15 is 0 Å². The number of hydrogen-bond donors (Lipinski definition) is 0. The van der Waals surface area contributed by atoms with Crippen LogP contribution in [-0.2, 0) is 13.0 Å². The Labute approximate surface area is 108 Å². The molecule has 2 nitrogen and oxygen atoms in total. The lowest BCUT2D eigenvalue weighted by atomic mass is 9.83. The van der Waals surface area contributed by atoms with Crippen LogP contribution in [0.4, 0.5) is 0 Å². The second-order valence-electron chi connectivity index (χ2n) is 5.42. The van der Waals surface area contributed by atoms with E-state index in [1.54, 1.807) is 0 Å². The van der Waals surface area contributed by atoms with Crippen molar-refractivity contribution in [2.24, 2.45) is 5.41 Å². The quantitative estimate of drug-likeness (QED) is 0.750. The first-order valence-electron chi connectivity index (χ1n) is 6.01. The molecule has 0 aromatic carbocycles. The minimum atomic E-state index is 0.322. The summed E-state index contributed by atoms with van der Waals surface area (Å²) in [6, 6.07) is 2.21. The summed E-state index contributed by atoms with van der Waals surface area (Å²) in [6.07, 6.45) is 2.28. The van der Waals surface area contributed by atoms with Crippen molar-refractivity contribution in [1.82, 2.24) is 9.78 Å². The SMILES string of the molecule is CCn1nc(C)cc1CC(C)(C)CC(C)Br. The number of aromatic nitrogens is 2. The van der Waals surface area contributed by atoms with Gasteiger partial charge in [0.2, 0.25) is 0 Å². The van der Waals surface area contributed by atoms with Crippen molar-refractivity contribution in [2.45, 2.75) is 58.8 Å². The fourth-order valence-electron chi connectivity index (χ4n) is 2.34. The number of aryl methyl sites for hydroxylation is 2. The molecule has 1 rings (SSSR count). The van der Waals surface area contributed by atoms with Crippen molar-refractivity contribution in [3.8, 4) is 0 Å². The highest BCUT2D eigenvalue weighted by molar-refractivity contribution is 9.09.